The van der Waals surface area contributed by atoms with E-state index in [0.717, 1.165) is 72.5 Å². The van der Waals surface area contributed by atoms with Crippen molar-refractivity contribution in [1.82, 2.24) is 19.5 Å². The van der Waals surface area contributed by atoms with E-state index in [9.17, 15) is 5.11 Å². The van der Waals surface area contributed by atoms with Gasteiger partial charge in [0.15, 0.2) is 0 Å². The van der Waals surface area contributed by atoms with Gasteiger partial charge in [-0.15, -0.1) is 0 Å². The molecule has 0 atom stereocenters. The molecule has 54 heavy (non-hydrogen) atoms. The Hall–Kier alpha value is -6.33. The third-order valence-corrected chi connectivity index (χ3v) is 10.2. The van der Waals surface area contributed by atoms with E-state index < -0.39 is 0 Å². The number of pyridine rings is 2. The third-order valence-electron chi connectivity index (χ3n) is 10.2. The highest BCUT2D eigenvalue weighted by molar-refractivity contribution is 5.97. The predicted octanol–water partition coefficient (Wildman–Crippen LogP) is 12.5. The molecule has 0 amide bonds. The van der Waals surface area contributed by atoms with Gasteiger partial charge in [-0.05, 0) is 57.3 Å². The van der Waals surface area contributed by atoms with Crippen molar-refractivity contribution in [3.63, 3.8) is 0 Å². The Morgan fingerprint density at radius 2 is 1.19 bits per heavy atom. The molecule has 3 heterocycles. The van der Waals surface area contributed by atoms with E-state index in [-0.39, 0.29) is 16.6 Å². The SMILES string of the molecule is CC(C)(C)c1cc(-c2nc3c(-c4cccc(-c5ccc(-c6ccccc6)cn5)c4)cncc3n2-c2ccccc2-c2ccccc2)c(O)c(C(C)(C)C)c1. The number of hydrogen-bond acceptors (Lipinski definition) is 4. The van der Waals surface area contributed by atoms with Crippen LogP contribution in [0.4, 0.5) is 0 Å². The lowest BCUT2D eigenvalue weighted by molar-refractivity contribution is 0.446. The number of para-hydroxylation sites is 1. The maximum absolute atomic E-state index is 12.2. The Bertz CT molecular complexity index is 2610. The van der Waals surface area contributed by atoms with Gasteiger partial charge in [-0.2, -0.15) is 0 Å². The van der Waals surface area contributed by atoms with E-state index in [2.05, 4.69) is 155 Å². The standard InChI is InChI=1S/C49H44N4O/c1-48(2,3)37-27-39(46(54)41(28-37)49(4,5)6)47-52-45-40(30-50-31-44(45)53(47)43-23-14-13-22-38(43)33-18-11-8-12-19-33)34-20-15-21-35(26-34)42-25-24-36(29-51-42)32-16-9-7-10-17-32/h7-31,54H,1-6H3. The molecule has 0 radical (unpaired) electrons. The average Bonchev–Trinajstić information content (AvgIpc) is 3.57. The average molecular weight is 705 g/mol. The summed E-state index contributed by atoms with van der Waals surface area (Å²) in [6.07, 6.45) is 5.71. The van der Waals surface area contributed by atoms with Crippen molar-refractivity contribution in [2.24, 2.45) is 0 Å². The van der Waals surface area contributed by atoms with Gasteiger partial charge < -0.3 is 5.11 Å². The Morgan fingerprint density at radius 3 is 1.87 bits per heavy atom. The molecule has 0 saturated carbocycles. The molecule has 266 valence electrons. The summed E-state index contributed by atoms with van der Waals surface area (Å²) in [7, 11) is 0. The van der Waals surface area contributed by atoms with Crippen molar-refractivity contribution in [2.75, 3.05) is 0 Å². The summed E-state index contributed by atoms with van der Waals surface area (Å²) >= 11 is 0. The van der Waals surface area contributed by atoms with Crippen LogP contribution < -0.4 is 0 Å². The van der Waals surface area contributed by atoms with Crippen molar-refractivity contribution >= 4 is 11.0 Å². The molecule has 0 bridgehead atoms. The minimum atomic E-state index is -0.306. The zero-order chi connectivity index (χ0) is 37.6. The predicted molar refractivity (Wildman–Crippen MR) is 223 cm³/mol. The fraction of sp³-hybridized carbons (Fsp3) is 0.163. The zero-order valence-electron chi connectivity index (χ0n) is 31.7. The normalized spacial score (nSPS) is 12.0. The van der Waals surface area contributed by atoms with Crippen LogP contribution in [0, 0.1) is 0 Å². The molecule has 5 nitrogen and oxygen atoms in total. The first-order valence-electron chi connectivity index (χ1n) is 18.5. The molecule has 0 saturated heterocycles. The maximum Gasteiger partial charge on any atom is 0.149 e. The van der Waals surface area contributed by atoms with Crippen LogP contribution >= 0.6 is 0 Å². The van der Waals surface area contributed by atoms with E-state index in [1.54, 1.807) is 0 Å². The Kier molecular flexibility index (Phi) is 8.74. The van der Waals surface area contributed by atoms with Gasteiger partial charge in [-0.3, -0.25) is 14.5 Å². The quantitative estimate of drug-likeness (QED) is 0.187. The summed E-state index contributed by atoms with van der Waals surface area (Å²) in [5, 5.41) is 12.2. The second-order valence-electron chi connectivity index (χ2n) is 16.0. The molecular formula is C49H44N4O. The van der Waals surface area contributed by atoms with Crippen LogP contribution in [0.5, 0.6) is 5.75 Å². The number of hydrogen-bond donors (Lipinski definition) is 1. The molecule has 0 fully saturated rings. The van der Waals surface area contributed by atoms with Crippen LogP contribution in [-0.4, -0.2) is 24.6 Å². The largest absolute Gasteiger partial charge is 0.507 e. The van der Waals surface area contributed by atoms with Crippen LogP contribution in [0.3, 0.4) is 0 Å². The third kappa shape index (κ3) is 6.47. The monoisotopic (exact) mass is 704 g/mol. The van der Waals surface area contributed by atoms with E-state index in [4.69, 9.17) is 15.0 Å². The summed E-state index contributed by atoms with van der Waals surface area (Å²) in [5.41, 5.74) is 13.0. The molecule has 8 aromatic rings. The van der Waals surface area contributed by atoms with Crippen LogP contribution in [-0.2, 0) is 10.8 Å². The van der Waals surface area contributed by atoms with Crippen molar-refractivity contribution in [2.45, 2.75) is 52.4 Å². The summed E-state index contributed by atoms with van der Waals surface area (Å²) in [4.78, 5) is 15.2. The van der Waals surface area contributed by atoms with Gasteiger partial charge >= 0.3 is 0 Å². The number of imidazole rings is 1. The smallest absolute Gasteiger partial charge is 0.149 e. The van der Waals surface area contributed by atoms with Crippen LogP contribution in [0.1, 0.15) is 52.7 Å². The number of aromatic nitrogens is 4. The highest BCUT2D eigenvalue weighted by Crippen LogP contribution is 2.45. The summed E-state index contributed by atoms with van der Waals surface area (Å²) < 4.78 is 2.18. The lowest BCUT2D eigenvalue weighted by Gasteiger charge is -2.27. The molecule has 3 aromatic heterocycles. The van der Waals surface area contributed by atoms with E-state index in [0.29, 0.717) is 11.4 Å². The van der Waals surface area contributed by atoms with Gasteiger partial charge in [-0.25, -0.2) is 4.98 Å². The van der Waals surface area contributed by atoms with Crippen molar-refractivity contribution in [1.29, 1.82) is 0 Å². The molecular weight excluding hydrogens is 661 g/mol. The maximum atomic E-state index is 12.2. The van der Waals surface area contributed by atoms with Crippen molar-refractivity contribution < 1.29 is 5.11 Å². The van der Waals surface area contributed by atoms with Gasteiger partial charge in [0.25, 0.3) is 0 Å². The lowest BCUT2D eigenvalue weighted by atomic mass is 9.79. The Balaban J connectivity index is 1.37. The van der Waals surface area contributed by atoms with Crippen LogP contribution in [0.2, 0.25) is 0 Å². The summed E-state index contributed by atoms with van der Waals surface area (Å²) in [6.45, 7) is 13.1. The minimum absolute atomic E-state index is 0.165. The molecule has 5 aromatic carbocycles. The first-order valence-corrected chi connectivity index (χ1v) is 18.5. The van der Waals surface area contributed by atoms with E-state index >= 15 is 0 Å². The fourth-order valence-corrected chi connectivity index (χ4v) is 7.18. The number of benzene rings is 5. The molecule has 0 unspecified atom stereocenters. The molecule has 8 rings (SSSR count). The van der Waals surface area contributed by atoms with Gasteiger partial charge in [0.05, 0.1) is 28.7 Å². The van der Waals surface area contributed by atoms with E-state index in [1.807, 2.05) is 42.9 Å². The van der Waals surface area contributed by atoms with E-state index in [1.165, 1.54) is 0 Å². The van der Waals surface area contributed by atoms with Crippen molar-refractivity contribution in [3.05, 3.63) is 163 Å². The van der Waals surface area contributed by atoms with Gasteiger partial charge in [-0.1, -0.05) is 151 Å². The highest BCUT2D eigenvalue weighted by Gasteiger charge is 2.29. The highest BCUT2D eigenvalue weighted by atomic mass is 16.3. The fourth-order valence-electron chi connectivity index (χ4n) is 7.18. The van der Waals surface area contributed by atoms with Gasteiger partial charge in [0, 0.05) is 40.2 Å². The lowest BCUT2D eigenvalue weighted by Crippen LogP contribution is -2.17. The number of phenols is 1. The first-order chi connectivity index (χ1) is 26.0. The molecule has 0 aliphatic rings. The molecule has 0 aliphatic carbocycles. The van der Waals surface area contributed by atoms with Crippen LogP contribution in [0.15, 0.2) is 152 Å². The number of rotatable bonds is 6. The minimum Gasteiger partial charge on any atom is -0.507 e. The van der Waals surface area contributed by atoms with Gasteiger partial charge in [0.1, 0.15) is 17.1 Å². The topological polar surface area (TPSA) is 63.8 Å². The van der Waals surface area contributed by atoms with Gasteiger partial charge in [0.2, 0.25) is 0 Å². The Morgan fingerprint density at radius 1 is 0.519 bits per heavy atom. The van der Waals surface area contributed by atoms with Crippen molar-refractivity contribution in [3.8, 4) is 67.5 Å². The second kappa shape index (κ2) is 13.6. The molecule has 0 spiro atoms. The van der Waals surface area contributed by atoms with Crippen LogP contribution in [0.25, 0.3) is 72.7 Å². The zero-order valence-corrected chi connectivity index (χ0v) is 31.7. The number of phenolic OH excluding ortho intramolecular Hbond substituents is 1. The first kappa shape index (κ1) is 34.7. The summed E-state index contributed by atoms with van der Waals surface area (Å²) in [6, 6.07) is 46.0. The Labute approximate surface area is 317 Å². The molecule has 0 aliphatic heterocycles. The molecule has 5 heteroatoms. The second-order valence-corrected chi connectivity index (χ2v) is 16.0. The number of nitrogens with zero attached hydrogens (tertiary/aromatic N) is 4. The number of fused-ring (bicyclic) bond motifs is 1. The summed E-state index contributed by atoms with van der Waals surface area (Å²) in [5.74, 6) is 0.900. The number of aromatic hydroxyl groups is 1. The molecule has 1 N–H and O–H groups in total.